The van der Waals surface area contributed by atoms with Gasteiger partial charge in [0.1, 0.15) is 5.69 Å². The van der Waals surface area contributed by atoms with Crippen LogP contribution >= 0.6 is 23.2 Å². The Morgan fingerprint density at radius 3 is 2.43 bits per heavy atom. The first kappa shape index (κ1) is 24.4. The van der Waals surface area contributed by atoms with Gasteiger partial charge in [0.05, 0.1) is 16.3 Å². The zero-order valence-corrected chi connectivity index (χ0v) is 20.6. The number of nitro benzene ring substituents is 1. The van der Waals surface area contributed by atoms with Crippen molar-refractivity contribution < 1.29 is 9.72 Å². The summed E-state index contributed by atoms with van der Waals surface area (Å²) in [4.78, 5) is 23.8. The van der Waals surface area contributed by atoms with Crippen molar-refractivity contribution in [1.29, 1.82) is 0 Å². The van der Waals surface area contributed by atoms with E-state index in [0.717, 1.165) is 22.4 Å². The number of aromatic nitrogens is 2. The summed E-state index contributed by atoms with van der Waals surface area (Å²) in [6.07, 6.45) is 0.536. The highest BCUT2D eigenvalue weighted by molar-refractivity contribution is 6.35. The number of non-ortho nitro benzene ring substituents is 1. The Balaban J connectivity index is 1.64. The lowest BCUT2D eigenvalue weighted by molar-refractivity contribution is -0.384. The van der Waals surface area contributed by atoms with E-state index >= 15 is 0 Å². The lowest BCUT2D eigenvalue weighted by Crippen LogP contribution is -2.28. The molecule has 4 rings (SSSR count). The van der Waals surface area contributed by atoms with Crippen LogP contribution in [-0.4, -0.2) is 27.2 Å². The molecule has 178 valence electrons. The molecule has 1 aromatic heterocycles. The molecule has 7 nitrogen and oxygen atoms in total. The van der Waals surface area contributed by atoms with Crippen LogP contribution in [0.15, 0.2) is 66.7 Å². The van der Waals surface area contributed by atoms with Gasteiger partial charge in [-0.2, -0.15) is 5.10 Å². The zero-order chi connectivity index (χ0) is 25.1. The summed E-state index contributed by atoms with van der Waals surface area (Å²) in [6, 6.07) is 18.9. The molecule has 3 aromatic carbocycles. The fourth-order valence-corrected chi connectivity index (χ4v) is 4.29. The van der Waals surface area contributed by atoms with Crippen LogP contribution in [0.2, 0.25) is 10.0 Å². The molecule has 0 radical (unpaired) electrons. The number of nitrogens with one attached hydrogen (secondary N) is 1. The number of nitrogens with zero attached hydrogens (tertiary/aromatic N) is 3. The van der Waals surface area contributed by atoms with Crippen molar-refractivity contribution in [3.63, 3.8) is 0 Å². The molecule has 0 unspecified atom stereocenters. The van der Waals surface area contributed by atoms with E-state index in [1.165, 1.54) is 12.1 Å². The molecule has 35 heavy (non-hydrogen) atoms. The molecule has 0 bridgehead atoms. The standard InChI is InChI=1S/C26H22Cl2N4O3/c1-16-3-10-24(17(2)13-16)31-25(15-23(30-31)19-5-8-21(9-6-19)32(34)35)26(33)29-12-11-18-4-7-20(27)14-22(18)28/h3-10,13-15H,11-12H2,1-2H3,(H,29,33). The molecule has 0 saturated carbocycles. The van der Waals surface area contributed by atoms with Gasteiger partial charge in [-0.05, 0) is 67.8 Å². The molecule has 0 atom stereocenters. The van der Waals surface area contributed by atoms with Gasteiger partial charge in [-0.25, -0.2) is 4.68 Å². The van der Waals surface area contributed by atoms with E-state index in [0.29, 0.717) is 40.0 Å². The zero-order valence-electron chi connectivity index (χ0n) is 19.1. The summed E-state index contributed by atoms with van der Waals surface area (Å²) >= 11 is 12.2. The molecule has 4 aromatic rings. The average molecular weight is 509 g/mol. The minimum absolute atomic E-state index is 0.0126. The number of hydrogen-bond donors (Lipinski definition) is 1. The lowest BCUT2D eigenvalue weighted by atomic mass is 10.1. The summed E-state index contributed by atoms with van der Waals surface area (Å²) in [5.41, 5.74) is 5.26. The summed E-state index contributed by atoms with van der Waals surface area (Å²) in [5.74, 6) is -0.296. The molecule has 0 aliphatic rings. The second-order valence-corrected chi connectivity index (χ2v) is 9.01. The first-order valence-corrected chi connectivity index (χ1v) is 11.6. The summed E-state index contributed by atoms with van der Waals surface area (Å²) < 4.78 is 1.61. The second kappa shape index (κ2) is 10.3. The molecule has 1 N–H and O–H groups in total. The van der Waals surface area contributed by atoms with Crippen LogP contribution in [0.3, 0.4) is 0 Å². The van der Waals surface area contributed by atoms with Gasteiger partial charge in [0, 0.05) is 34.3 Å². The van der Waals surface area contributed by atoms with Crippen molar-refractivity contribution in [3.05, 3.63) is 109 Å². The topological polar surface area (TPSA) is 90.1 Å². The minimum Gasteiger partial charge on any atom is -0.350 e. The van der Waals surface area contributed by atoms with E-state index in [1.807, 2.05) is 38.1 Å². The Hall–Kier alpha value is -3.68. The van der Waals surface area contributed by atoms with E-state index in [9.17, 15) is 14.9 Å². The van der Waals surface area contributed by atoms with Crippen molar-refractivity contribution in [3.8, 4) is 16.9 Å². The van der Waals surface area contributed by atoms with Gasteiger partial charge in [-0.15, -0.1) is 0 Å². The highest BCUT2D eigenvalue weighted by Gasteiger charge is 2.19. The highest BCUT2D eigenvalue weighted by Crippen LogP contribution is 2.26. The SMILES string of the molecule is Cc1ccc(-n2nc(-c3ccc([N+](=O)[O-])cc3)cc2C(=O)NCCc2ccc(Cl)cc2Cl)c(C)c1. The molecule has 0 saturated heterocycles. The maximum absolute atomic E-state index is 13.2. The van der Waals surface area contributed by atoms with Crippen molar-refractivity contribution in [2.24, 2.45) is 0 Å². The fourth-order valence-electron chi connectivity index (χ4n) is 3.79. The van der Waals surface area contributed by atoms with Gasteiger partial charge in [-0.3, -0.25) is 14.9 Å². The van der Waals surface area contributed by atoms with Crippen molar-refractivity contribution >= 4 is 34.8 Å². The Morgan fingerprint density at radius 2 is 1.77 bits per heavy atom. The van der Waals surface area contributed by atoms with Crippen LogP contribution in [0.1, 0.15) is 27.2 Å². The lowest BCUT2D eigenvalue weighted by Gasteiger charge is -2.11. The van der Waals surface area contributed by atoms with Crippen LogP contribution in [0, 0.1) is 24.0 Å². The van der Waals surface area contributed by atoms with Gasteiger partial charge >= 0.3 is 0 Å². The number of hydrogen-bond acceptors (Lipinski definition) is 4. The van der Waals surface area contributed by atoms with Crippen LogP contribution in [-0.2, 0) is 6.42 Å². The molecule has 0 fully saturated rings. The molecule has 0 aliphatic carbocycles. The smallest absolute Gasteiger partial charge is 0.270 e. The fraction of sp³-hybridized carbons (Fsp3) is 0.154. The maximum atomic E-state index is 13.2. The van der Waals surface area contributed by atoms with Gasteiger partial charge < -0.3 is 5.32 Å². The number of nitro groups is 1. The van der Waals surface area contributed by atoms with Crippen LogP contribution in [0.5, 0.6) is 0 Å². The van der Waals surface area contributed by atoms with Crippen LogP contribution in [0.4, 0.5) is 5.69 Å². The Kier molecular flexibility index (Phi) is 7.19. The number of benzene rings is 3. The predicted octanol–water partition coefficient (Wildman–Crippen LogP) is 6.34. The minimum atomic E-state index is -0.455. The van der Waals surface area contributed by atoms with E-state index in [-0.39, 0.29) is 11.6 Å². The second-order valence-electron chi connectivity index (χ2n) is 8.16. The molecular formula is C26H22Cl2N4O3. The van der Waals surface area contributed by atoms with Crippen molar-refractivity contribution in [1.82, 2.24) is 15.1 Å². The average Bonchev–Trinajstić information content (AvgIpc) is 3.26. The molecular weight excluding hydrogens is 487 g/mol. The summed E-state index contributed by atoms with van der Waals surface area (Å²) in [7, 11) is 0. The monoisotopic (exact) mass is 508 g/mol. The molecule has 0 spiro atoms. The molecule has 9 heteroatoms. The molecule has 0 aliphatic heterocycles. The van der Waals surface area contributed by atoms with Gasteiger partial charge in [0.15, 0.2) is 0 Å². The number of halogens is 2. The Bertz CT molecular complexity index is 1410. The van der Waals surface area contributed by atoms with Gasteiger partial charge in [0.2, 0.25) is 0 Å². The van der Waals surface area contributed by atoms with E-state index in [4.69, 9.17) is 23.2 Å². The first-order valence-electron chi connectivity index (χ1n) is 10.9. The summed E-state index contributed by atoms with van der Waals surface area (Å²) in [5, 5.41) is 19.7. The van der Waals surface area contributed by atoms with Crippen molar-refractivity contribution in [2.75, 3.05) is 6.54 Å². The van der Waals surface area contributed by atoms with Gasteiger partial charge in [-0.1, -0.05) is 47.0 Å². The van der Waals surface area contributed by atoms with Crippen molar-refractivity contribution in [2.45, 2.75) is 20.3 Å². The Labute approximate surface area is 212 Å². The normalized spacial score (nSPS) is 10.9. The molecule has 1 heterocycles. The predicted molar refractivity (Wildman–Crippen MR) is 138 cm³/mol. The number of aryl methyl sites for hydroxylation is 2. The quantitative estimate of drug-likeness (QED) is 0.232. The third-order valence-corrected chi connectivity index (χ3v) is 6.18. The third kappa shape index (κ3) is 5.53. The van der Waals surface area contributed by atoms with E-state index in [1.54, 1.807) is 35.0 Å². The number of carbonyl (C=O) groups excluding carboxylic acids is 1. The van der Waals surface area contributed by atoms with Crippen LogP contribution < -0.4 is 5.32 Å². The van der Waals surface area contributed by atoms with E-state index in [2.05, 4.69) is 10.4 Å². The van der Waals surface area contributed by atoms with E-state index < -0.39 is 4.92 Å². The largest absolute Gasteiger partial charge is 0.350 e. The molecule has 1 amide bonds. The Morgan fingerprint density at radius 1 is 1.03 bits per heavy atom. The highest BCUT2D eigenvalue weighted by atomic mass is 35.5. The third-order valence-electron chi connectivity index (χ3n) is 5.59. The summed E-state index contributed by atoms with van der Waals surface area (Å²) in [6.45, 7) is 4.32. The first-order chi connectivity index (χ1) is 16.7. The number of rotatable bonds is 7. The number of carbonyl (C=O) groups is 1. The van der Waals surface area contributed by atoms with Crippen LogP contribution in [0.25, 0.3) is 16.9 Å². The van der Waals surface area contributed by atoms with Gasteiger partial charge in [0.25, 0.3) is 11.6 Å². The number of amides is 1. The maximum Gasteiger partial charge on any atom is 0.270 e.